The molecule has 0 spiro atoms. The van der Waals surface area contributed by atoms with E-state index in [0.717, 1.165) is 11.8 Å². The van der Waals surface area contributed by atoms with Crippen LogP contribution in [0.4, 0.5) is 0 Å². The molecule has 2 atom stereocenters. The van der Waals surface area contributed by atoms with E-state index in [1.165, 1.54) is 14.2 Å². The van der Waals surface area contributed by atoms with Crippen LogP contribution in [-0.4, -0.2) is 86.2 Å². The number of Topliss-reactive ketones (excluding diaryl/α,β-unsaturated/α-hetero) is 1. The number of carbonyl (C=O) groups is 6. The number of carbonyl (C=O) groups excluding carboxylic acids is 6. The predicted octanol–water partition coefficient (Wildman–Crippen LogP) is 0.502. The van der Waals surface area contributed by atoms with Crippen molar-refractivity contribution in [2.24, 2.45) is 5.41 Å². The Labute approximate surface area is 214 Å². The van der Waals surface area contributed by atoms with Gasteiger partial charge in [-0.3, -0.25) is 28.8 Å². The van der Waals surface area contributed by atoms with E-state index < -0.39 is 35.2 Å². The molecule has 0 saturated carbocycles. The van der Waals surface area contributed by atoms with Crippen LogP contribution in [0.1, 0.15) is 52.9 Å². The standard InChI is InChI=1S/C23H36N2O10S/c1-22(2)14-34-23(3,13-18(29)33-5)35-20(22)21(31)25-9-8-16(27)24-10-11-36-19(30)12-15(26)6-7-17(28)32-4/h20H,6-14H2,1-5H3,(H,24,27)(H,25,31)/t20-,23?/m0/s1. The molecule has 0 aromatic rings. The number of rotatable bonds is 14. The second kappa shape index (κ2) is 14.9. The van der Waals surface area contributed by atoms with Gasteiger partial charge in [0.05, 0.1) is 40.1 Å². The van der Waals surface area contributed by atoms with E-state index in [-0.39, 0.29) is 74.4 Å². The average molecular weight is 533 g/mol. The first-order chi connectivity index (χ1) is 16.8. The smallest absolute Gasteiger partial charge is 0.310 e. The van der Waals surface area contributed by atoms with Gasteiger partial charge in [-0.1, -0.05) is 25.6 Å². The van der Waals surface area contributed by atoms with Crippen LogP contribution < -0.4 is 10.6 Å². The molecule has 0 aromatic heterocycles. The molecule has 1 saturated heterocycles. The van der Waals surface area contributed by atoms with E-state index in [1.54, 1.807) is 20.8 Å². The van der Waals surface area contributed by atoms with Crippen LogP contribution in [0.5, 0.6) is 0 Å². The van der Waals surface area contributed by atoms with Crippen LogP contribution in [0.2, 0.25) is 0 Å². The molecule has 1 rings (SSSR count). The third-order valence-corrected chi connectivity index (χ3v) is 6.15. The minimum atomic E-state index is -1.30. The third-order valence-electron chi connectivity index (χ3n) is 5.27. The molecule has 13 heteroatoms. The highest BCUT2D eigenvalue weighted by Gasteiger charge is 2.48. The Balaban J connectivity index is 2.32. The van der Waals surface area contributed by atoms with Crippen molar-refractivity contribution in [2.75, 3.05) is 39.7 Å². The second-order valence-corrected chi connectivity index (χ2v) is 10.2. The lowest BCUT2D eigenvalue weighted by atomic mass is 9.85. The minimum Gasteiger partial charge on any atom is -0.469 e. The van der Waals surface area contributed by atoms with Crippen LogP contribution in [0, 0.1) is 5.41 Å². The van der Waals surface area contributed by atoms with Gasteiger partial charge in [0.15, 0.2) is 10.9 Å². The summed E-state index contributed by atoms with van der Waals surface area (Å²) in [5, 5.41) is 4.97. The third kappa shape index (κ3) is 11.5. The Bertz CT molecular complexity index is 832. The highest BCUT2D eigenvalue weighted by atomic mass is 32.2. The molecule has 0 bridgehead atoms. The molecular weight excluding hydrogens is 496 g/mol. The zero-order valence-electron chi connectivity index (χ0n) is 21.4. The van der Waals surface area contributed by atoms with Gasteiger partial charge in [-0.2, -0.15) is 0 Å². The van der Waals surface area contributed by atoms with E-state index in [0.29, 0.717) is 0 Å². The summed E-state index contributed by atoms with van der Waals surface area (Å²) in [7, 11) is 2.47. The van der Waals surface area contributed by atoms with Crippen LogP contribution in [-0.2, 0) is 47.7 Å². The molecule has 0 radical (unpaired) electrons. The van der Waals surface area contributed by atoms with E-state index in [4.69, 9.17) is 9.47 Å². The molecule has 1 unspecified atom stereocenters. The van der Waals surface area contributed by atoms with Crippen molar-refractivity contribution in [3.63, 3.8) is 0 Å². The fraction of sp³-hybridized carbons (Fsp3) is 0.739. The van der Waals surface area contributed by atoms with Crippen molar-refractivity contribution in [3.05, 3.63) is 0 Å². The van der Waals surface area contributed by atoms with Crippen molar-refractivity contribution in [3.8, 4) is 0 Å². The fourth-order valence-corrected chi connectivity index (χ4v) is 3.87. The minimum absolute atomic E-state index is 0.0133. The average Bonchev–Trinajstić information content (AvgIpc) is 2.81. The zero-order valence-corrected chi connectivity index (χ0v) is 22.2. The number of esters is 2. The van der Waals surface area contributed by atoms with Crippen LogP contribution in [0.25, 0.3) is 0 Å². The second-order valence-electron chi connectivity index (χ2n) is 9.06. The van der Waals surface area contributed by atoms with Crippen molar-refractivity contribution in [2.45, 2.75) is 64.8 Å². The number of ketones is 1. The number of hydrogen-bond acceptors (Lipinski definition) is 11. The number of amides is 2. The van der Waals surface area contributed by atoms with Gasteiger partial charge in [-0.05, 0) is 6.92 Å². The number of methoxy groups -OCH3 is 2. The van der Waals surface area contributed by atoms with E-state index in [9.17, 15) is 28.8 Å². The first-order valence-electron chi connectivity index (χ1n) is 11.5. The van der Waals surface area contributed by atoms with Gasteiger partial charge in [0.25, 0.3) is 0 Å². The Hall–Kier alpha value is -2.51. The summed E-state index contributed by atoms with van der Waals surface area (Å²) < 4.78 is 20.6. The number of nitrogens with one attached hydrogen (secondary N) is 2. The van der Waals surface area contributed by atoms with Crippen molar-refractivity contribution < 1.29 is 47.7 Å². The summed E-state index contributed by atoms with van der Waals surface area (Å²) in [5.74, 6) is -3.15. The molecule has 0 aliphatic carbocycles. The molecular formula is C23H36N2O10S. The maximum absolute atomic E-state index is 12.7. The summed E-state index contributed by atoms with van der Waals surface area (Å²) in [6.07, 6.45) is -1.47. The topological polar surface area (TPSA) is 163 Å². The highest BCUT2D eigenvalue weighted by molar-refractivity contribution is 8.13. The molecule has 0 aromatic carbocycles. The van der Waals surface area contributed by atoms with Crippen molar-refractivity contribution >= 4 is 46.4 Å². The Kier molecular flexibility index (Phi) is 13.1. The van der Waals surface area contributed by atoms with Crippen molar-refractivity contribution in [1.82, 2.24) is 10.6 Å². The number of hydrogen-bond donors (Lipinski definition) is 2. The molecule has 1 heterocycles. The molecule has 204 valence electrons. The maximum atomic E-state index is 12.7. The van der Waals surface area contributed by atoms with Gasteiger partial charge in [-0.25, -0.2) is 0 Å². The summed E-state index contributed by atoms with van der Waals surface area (Å²) in [6, 6.07) is 0. The molecule has 12 nitrogen and oxygen atoms in total. The summed E-state index contributed by atoms with van der Waals surface area (Å²) in [5.41, 5.74) is -0.660. The SMILES string of the molecule is COC(=O)CCC(=O)CC(=O)SCCNC(=O)CCNC(=O)[C@@H]1OC(C)(CC(=O)OC)OCC1(C)C. The van der Waals surface area contributed by atoms with Crippen LogP contribution in [0.3, 0.4) is 0 Å². The highest BCUT2D eigenvalue weighted by Crippen LogP contribution is 2.36. The van der Waals surface area contributed by atoms with Gasteiger partial charge in [0, 0.05) is 37.1 Å². The van der Waals surface area contributed by atoms with Gasteiger partial charge in [-0.15, -0.1) is 0 Å². The lowest BCUT2D eigenvalue weighted by molar-refractivity contribution is -0.313. The normalized spacial score (nSPS) is 20.6. The Morgan fingerprint density at radius 3 is 2.22 bits per heavy atom. The maximum Gasteiger partial charge on any atom is 0.310 e. The molecule has 36 heavy (non-hydrogen) atoms. The summed E-state index contributed by atoms with van der Waals surface area (Å²) in [6.45, 7) is 5.62. The van der Waals surface area contributed by atoms with Gasteiger partial charge >= 0.3 is 11.9 Å². The molecule has 1 aliphatic rings. The number of ether oxygens (including phenoxy) is 4. The summed E-state index contributed by atoms with van der Waals surface area (Å²) in [4.78, 5) is 70.9. The van der Waals surface area contributed by atoms with E-state index >= 15 is 0 Å². The number of thioether (sulfide) groups is 1. The molecule has 1 fully saturated rings. The van der Waals surface area contributed by atoms with Crippen molar-refractivity contribution in [1.29, 1.82) is 0 Å². The van der Waals surface area contributed by atoms with Crippen LogP contribution in [0.15, 0.2) is 0 Å². The zero-order chi connectivity index (χ0) is 27.4. The van der Waals surface area contributed by atoms with Crippen LogP contribution >= 0.6 is 11.8 Å². The lowest BCUT2D eigenvalue weighted by Gasteiger charge is -2.45. The Morgan fingerprint density at radius 1 is 0.917 bits per heavy atom. The lowest BCUT2D eigenvalue weighted by Crippen LogP contribution is -2.58. The predicted molar refractivity (Wildman–Crippen MR) is 129 cm³/mol. The molecule has 2 N–H and O–H groups in total. The van der Waals surface area contributed by atoms with E-state index in [2.05, 4.69) is 20.1 Å². The molecule has 1 aliphatic heterocycles. The fourth-order valence-electron chi connectivity index (χ4n) is 3.17. The van der Waals surface area contributed by atoms with E-state index in [1.807, 2.05) is 0 Å². The largest absolute Gasteiger partial charge is 0.469 e. The van der Waals surface area contributed by atoms with Gasteiger partial charge in [0.2, 0.25) is 11.8 Å². The van der Waals surface area contributed by atoms with Gasteiger partial charge < -0.3 is 29.6 Å². The first-order valence-corrected chi connectivity index (χ1v) is 12.5. The summed E-state index contributed by atoms with van der Waals surface area (Å²) >= 11 is 0.918. The van der Waals surface area contributed by atoms with Gasteiger partial charge in [0.1, 0.15) is 11.9 Å². The Morgan fingerprint density at radius 2 is 1.58 bits per heavy atom. The molecule has 2 amide bonds. The monoisotopic (exact) mass is 532 g/mol. The first kappa shape index (κ1) is 31.5. The quantitative estimate of drug-likeness (QED) is 0.182.